The number of hydrogen-bond donors (Lipinski definition) is 2. The molecule has 8 nitrogen and oxygen atoms in total. The molecule has 0 aromatic carbocycles. The van der Waals surface area contributed by atoms with Gasteiger partial charge in [0.25, 0.3) is 5.91 Å². The van der Waals surface area contributed by atoms with Crippen LogP contribution >= 0.6 is 0 Å². The molecular weight excluding hydrogens is 316 g/mol. The van der Waals surface area contributed by atoms with E-state index in [1.165, 1.54) is 19.4 Å². The molecule has 0 saturated heterocycles. The Kier molecular flexibility index (Phi) is 8.24. The number of aliphatic carboxylic acids is 1. The Morgan fingerprint density at radius 1 is 1.25 bits per heavy atom. The van der Waals surface area contributed by atoms with E-state index in [0.717, 1.165) is 25.7 Å². The Labute approximate surface area is 140 Å². The predicted octanol–water partition coefficient (Wildman–Crippen LogP) is 1.64. The van der Waals surface area contributed by atoms with Gasteiger partial charge in [-0.25, -0.2) is 9.78 Å². The van der Waals surface area contributed by atoms with Crippen LogP contribution < -0.4 is 10.1 Å². The second-order valence-electron chi connectivity index (χ2n) is 5.05. The molecule has 0 bridgehead atoms. The average Bonchev–Trinajstić information content (AvgIpc) is 2.58. The Morgan fingerprint density at radius 2 is 2.00 bits per heavy atom. The molecule has 1 rings (SSSR count). The minimum atomic E-state index is -1.18. The number of rotatable bonds is 10. The summed E-state index contributed by atoms with van der Waals surface area (Å²) in [7, 11) is 1.32. The fraction of sp³-hybridized carbons (Fsp3) is 0.500. The molecule has 8 heteroatoms. The predicted molar refractivity (Wildman–Crippen MR) is 85.2 cm³/mol. The molecule has 2 N–H and O–H groups in total. The molecule has 0 aliphatic carbocycles. The summed E-state index contributed by atoms with van der Waals surface area (Å²) in [6.45, 7) is 1.88. The molecule has 0 saturated carbocycles. The Hall–Kier alpha value is -2.64. The van der Waals surface area contributed by atoms with Gasteiger partial charge in [-0.15, -0.1) is 0 Å². The maximum Gasteiger partial charge on any atom is 0.339 e. The molecule has 0 aliphatic rings. The number of carboxylic acids is 1. The number of carbonyl (C=O) groups is 3. The normalized spacial score (nSPS) is 10.1. The van der Waals surface area contributed by atoms with Crippen molar-refractivity contribution in [2.75, 3.05) is 20.3 Å². The fourth-order valence-corrected chi connectivity index (χ4v) is 1.90. The molecule has 132 valence electrons. The summed E-state index contributed by atoms with van der Waals surface area (Å²) in [5.74, 6) is -2.35. The minimum absolute atomic E-state index is 0.0679. The van der Waals surface area contributed by atoms with Gasteiger partial charge in [0.2, 0.25) is 0 Å². The average molecular weight is 338 g/mol. The minimum Gasteiger partial charge on any atom is -0.494 e. The van der Waals surface area contributed by atoms with Crippen LogP contribution in [0.3, 0.4) is 0 Å². The van der Waals surface area contributed by atoms with Crippen LogP contribution in [0, 0.1) is 0 Å². The first-order valence-corrected chi connectivity index (χ1v) is 7.70. The van der Waals surface area contributed by atoms with Crippen molar-refractivity contribution in [2.24, 2.45) is 0 Å². The molecular formula is C16H22N2O6. The van der Waals surface area contributed by atoms with Crippen molar-refractivity contribution in [3.05, 3.63) is 23.5 Å². The highest BCUT2D eigenvalue weighted by atomic mass is 16.5. The Morgan fingerprint density at radius 3 is 2.62 bits per heavy atom. The molecule has 24 heavy (non-hydrogen) atoms. The van der Waals surface area contributed by atoms with Crippen molar-refractivity contribution in [3.8, 4) is 5.75 Å². The van der Waals surface area contributed by atoms with Crippen LogP contribution in [0.25, 0.3) is 0 Å². The lowest BCUT2D eigenvalue weighted by Gasteiger charge is -2.09. The molecule has 0 spiro atoms. The van der Waals surface area contributed by atoms with Crippen molar-refractivity contribution >= 4 is 17.8 Å². The van der Waals surface area contributed by atoms with Gasteiger partial charge in [-0.1, -0.05) is 26.2 Å². The highest BCUT2D eigenvalue weighted by Gasteiger charge is 2.18. The van der Waals surface area contributed by atoms with Crippen LogP contribution in [0.15, 0.2) is 12.3 Å². The highest BCUT2D eigenvalue weighted by molar-refractivity contribution is 5.98. The smallest absolute Gasteiger partial charge is 0.339 e. The third-order valence-corrected chi connectivity index (χ3v) is 3.15. The van der Waals surface area contributed by atoms with Gasteiger partial charge in [0.05, 0.1) is 19.3 Å². The van der Waals surface area contributed by atoms with Gasteiger partial charge < -0.3 is 19.9 Å². The number of ether oxygens (including phenoxy) is 2. The third-order valence-electron chi connectivity index (χ3n) is 3.15. The lowest BCUT2D eigenvalue weighted by atomic mass is 10.2. The van der Waals surface area contributed by atoms with Crippen LogP contribution in [0.4, 0.5) is 0 Å². The van der Waals surface area contributed by atoms with E-state index in [1.807, 2.05) is 0 Å². The van der Waals surface area contributed by atoms with Crippen LogP contribution in [0.5, 0.6) is 5.75 Å². The van der Waals surface area contributed by atoms with Crippen LogP contribution in [0.2, 0.25) is 0 Å². The summed E-state index contributed by atoms with van der Waals surface area (Å²) in [6.07, 6.45) is 5.17. The van der Waals surface area contributed by atoms with E-state index in [1.54, 1.807) is 0 Å². The lowest BCUT2D eigenvalue weighted by molar-refractivity contribution is -0.135. The number of unbranched alkanes of at least 4 members (excludes halogenated alkanes) is 3. The summed E-state index contributed by atoms with van der Waals surface area (Å²) in [4.78, 5) is 38.1. The third kappa shape index (κ3) is 6.23. The molecule has 1 aromatic rings. The van der Waals surface area contributed by atoms with Crippen molar-refractivity contribution in [2.45, 2.75) is 32.6 Å². The van der Waals surface area contributed by atoms with Crippen molar-refractivity contribution in [1.82, 2.24) is 10.3 Å². The summed E-state index contributed by atoms with van der Waals surface area (Å²) in [5.41, 5.74) is 0.0652. The van der Waals surface area contributed by atoms with Gasteiger partial charge in [0, 0.05) is 6.20 Å². The number of nitrogens with zero attached hydrogens (tertiary/aromatic N) is 1. The van der Waals surface area contributed by atoms with E-state index >= 15 is 0 Å². The number of methoxy groups -OCH3 is 1. The quantitative estimate of drug-likeness (QED) is 0.492. The molecule has 0 aliphatic heterocycles. The fourth-order valence-electron chi connectivity index (χ4n) is 1.90. The monoisotopic (exact) mass is 338 g/mol. The summed E-state index contributed by atoms with van der Waals surface area (Å²) in [6, 6.07) is 1.34. The maximum atomic E-state index is 11.9. The zero-order chi connectivity index (χ0) is 17.9. The van der Waals surface area contributed by atoms with E-state index in [4.69, 9.17) is 14.6 Å². The van der Waals surface area contributed by atoms with Crippen LogP contribution in [0.1, 0.15) is 53.5 Å². The molecule has 1 heterocycles. The zero-order valence-corrected chi connectivity index (χ0v) is 13.8. The zero-order valence-electron chi connectivity index (χ0n) is 13.8. The number of nitrogens with one attached hydrogen (secondary N) is 1. The maximum absolute atomic E-state index is 11.9. The first-order valence-electron chi connectivity index (χ1n) is 7.70. The summed E-state index contributed by atoms with van der Waals surface area (Å²) in [5, 5.41) is 10.7. The summed E-state index contributed by atoms with van der Waals surface area (Å²) < 4.78 is 10.2. The number of esters is 1. The topological polar surface area (TPSA) is 115 Å². The lowest BCUT2D eigenvalue weighted by Crippen LogP contribution is -2.30. The van der Waals surface area contributed by atoms with Gasteiger partial charge in [-0.2, -0.15) is 0 Å². The molecule has 0 unspecified atom stereocenters. The van der Waals surface area contributed by atoms with E-state index in [0.29, 0.717) is 6.61 Å². The summed E-state index contributed by atoms with van der Waals surface area (Å²) >= 11 is 0. The van der Waals surface area contributed by atoms with Crippen LogP contribution in [-0.2, 0) is 9.53 Å². The number of amides is 1. The first-order chi connectivity index (χ1) is 11.5. The molecule has 0 radical (unpaired) electrons. The van der Waals surface area contributed by atoms with E-state index in [9.17, 15) is 14.4 Å². The van der Waals surface area contributed by atoms with E-state index in [-0.39, 0.29) is 17.0 Å². The van der Waals surface area contributed by atoms with Gasteiger partial charge >= 0.3 is 11.9 Å². The van der Waals surface area contributed by atoms with Gasteiger partial charge in [-0.3, -0.25) is 9.59 Å². The number of pyridine rings is 1. The SMILES string of the molecule is CCCCCCOC(=O)c1cnc(C(=O)NCC(=O)O)c(OC)c1. The Bertz CT molecular complexity index is 588. The highest BCUT2D eigenvalue weighted by Crippen LogP contribution is 2.18. The van der Waals surface area contributed by atoms with Gasteiger partial charge in [-0.05, 0) is 12.5 Å². The Balaban J connectivity index is 2.69. The van der Waals surface area contributed by atoms with Crippen molar-refractivity contribution in [3.63, 3.8) is 0 Å². The number of hydrogen-bond acceptors (Lipinski definition) is 6. The number of carbonyl (C=O) groups excluding carboxylic acids is 2. The molecule has 0 atom stereocenters. The standard InChI is InChI=1S/C16H22N2O6/c1-3-4-5-6-7-24-16(22)11-8-12(23-2)14(17-9-11)15(21)18-10-13(19)20/h8-9H,3-7,10H2,1-2H3,(H,18,21)(H,19,20). The van der Waals surface area contributed by atoms with E-state index in [2.05, 4.69) is 17.2 Å². The van der Waals surface area contributed by atoms with Crippen molar-refractivity contribution in [1.29, 1.82) is 0 Å². The van der Waals surface area contributed by atoms with Gasteiger partial charge in [0.15, 0.2) is 11.4 Å². The van der Waals surface area contributed by atoms with Gasteiger partial charge in [0.1, 0.15) is 6.54 Å². The first kappa shape index (κ1) is 19.4. The molecule has 0 fully saturated rings. The van der Waals surface area contributed by atoms with E-state index < -0.39 is 24.4 Å². The number of carboxylic acid groups (broad SMARTS) is 1. The second kappa shape index (κ2) is 10.2. The molecule has 1 aromatic heterocycles. The van der Waals surface area contributed by atoms with Crippen molar-refractivity contribution < 1.29 is 29.0 Å². The van der Waals surface area contributed by atoms with Crippen LogP contribution in [-0.4, -0.2) is 48.2 Å². The largest absolute Gasteiger partial charge is 0.494 e. The molecule has 1 amide bonds. The second-order valence-corrected chi connectivity index (χ2v) is 5.05. The number of aromatic nitrogens is 1.